The number of thioether (sulfide) groups is 1. The van der Waals surface area contributed by atoms with Crippen molar-refractivity contribution < 1.29 is 14.7 Å². The Balaban J connectivity index is 2.03. The highest BCUT2D eigenvalue weighted by Crippen LogP contribution is 2.08. The molecule has 0 spiro atoms. The lowest BCUT2D eigenvalue weighted by Crippen LogP contribution is -2.44. The van der Waals surface area contributed by atoms with Crippen LogP contribution in [0.5, 0.6) is 0 Å². The summed E-state index contributed by atoms with van der Waals surface area (Å²) in [5.41, 5.74) is 3.48. The lowest BCUT2D eigenvalue weighted by molar-refractivity contribution is -0.123. The highest BCUT2D eigenvalue weighted by Gasteiger charge is 2.20. The van der Waals surface area contributed by atoms with Crippen LogP contribution in [0.3, 0.4) is 0 Å². The van der Waals surface area contributed by atoms with Crippen molar-refractivity contribution in [1.29, 1.82) is 0 Å². The van der Waals surface area contributed by atoms with E-state index in [0.717, 1.165) is 23.3 Å². The second-order valence-corrected chi connectivity index (χ2v) is 7.51. The van der Waals surface area contributed by atoms with Gasteiger partial charge >= 0.3 is 0 Å². The molecule has 0 aromatic heterocycles. The number of rotatable bonds is 8. The molecule has 5 heteroatoms. The molecule has 0 heterocycles. The minimum atomic E-state index is -0.687. The van der Waals surface area contributed by atoms with Crippen molar-refractivity contribution in [3.8, 4) is 11.8 Å². The van der Waals surface area contributed by atoms with Crippen LogP contribution < -0.4 is 5.32 Å². The SMILES string of the molecule is CCSC[C@H](NC(=O)c1ccc(C#Cc2ccc(CC)cc2)cc1)C(=O)CO. The largest absolute Gasteiger partial charge is 0.388 e. The highest BCUT2D eigenvalue weighted by atomic mass is 32.2. The molecule has 2 rings (SSSR count). The number of Topliss-reactive ketones (excluding diaryl/α,β-unsaturated/α-hetero) is 1. The summed E-state index contributed by atoms with van der Waals surface area (Å²) in [6.45, 7) is 3.51. The molecule has 0 aliphatic carbocycles. The van der Waals surface area contributed by atoms with E-state index in [1.165, 1.54) is 5.56 Å². The maximum atomic E-state index is 12.4. The second kappa shape index (κ2) is 11.3. The number of aliphatic hydroxyl groups excluding tert-OH is 1. The zero-order chi connectivity index (χ0) is 20.4. The molecule has 4 nitrogen and oxygen atoms in total. The van der Waals surface area contributed by atoms with E-state index in [0.29, 0.717) is 11.3 Å². The van der Waals surface area contributed by atoms with Gasteiger partial charge < -0.3 is 10.4 Å². The molecule has 1 amide bonds. The third kappa shape index (κ3) is 6.56. The first-order chi connectivity index (χ1) is 13.6. The average molecular weight is 396 g/mol. The summed E-state index contributed by atoms with van der Waals surface area (Å²) in [7, 11) is 0. The van der Waals surface area contributed by atoms with Crippen LogP contribution in [0.25, 0.3) is 0 Å². The van der Waals surface area contributed by atoms with Crippen molar-refractivity contribution in [2.24, 2.45) is 0 Å². The first kappa shape index (κ1) is 21.7. The van der Waals surface area contributed by atoms with Gasteiger partial charge in [0.05, 0.1) is 6.04 Å². The Morgan fingerprint density at radius 3 is 2.07 bits per heavy atom. The number of carbonyl (C=O) groups is 2. The van der Waals surface area contributed by atoms with Crippen LogP contribution in [0.2, 0.25) is 0 Å². The maximum absolute atomic E-state index is 12.4. The van der Waals surface area contributed by atoms with Gasteiger partial charge in [-0.15, -0.1) is 0 Å². The molecule has 0 unspecified atom stereocenters. The van der Waals surface area contributed by atoms with E-state index in [9.17, 15) is 9.59 Å². The summed E-state index contributed by atoms with van der Waals surface area (Å²) in [4.78, 5) is 24.2. The molecule has 2 aromatic carbocycles. The van der Waals surface area contributed by atoms with Crippen LogP contribution >= 0.6 is 11.8 Å². The van der Waals surface area contributed by atoms with Crippen LogP contribution in [-0.2, 0) is 11.2 Å². The predicted octanol–water partition coefficient (Wildman–Crippen LogP) is 3.06. The van der Waals surface area contributed by atoms with Gasteiger partial charge in [-0.1, -0.05) is 37.8 Å². The Labute approximate surface area is 170 Å². The Hall–Kier alpha value is -2.55. The van der Waals surface area contributed by atoms with Crippen LogP contribution in [0.1, 0.15) is 40.9 Å². The maximum Gasteiger partial charge on any atom is 0.251 e. The fourth-order valence-electron chi connectivity index (χ4n) is 2.48. The van der Waals surface area contributed by atoms with E-state index in [-0.39, 0.29) is 11.7 Å². The summed E-state index contributed by atoms with van der Waals surface area (Å²) in [5.74, 6) is 6.76. The Morgan fingerprint density at radius 2 is 1.57 bits per heavy atom. The van der Waals surface area contributed by atoms with Gasteiger partial charge in [0.25, 0.3) is 5.91 Å². The number of amides is 1. The molecular formula is C23H25NO3S. The van der Waals surface area contributed by atoms with Crippen molar-refractivity contribution >= 4 is 23.5 Å². The number of ketones is 1. The average Bonchev–Trinajstić information content (AvgIpc) is 2.75. The van der Waals surface area contributed by atoms with Gasteiger partial charge in [0.1, 0.15) is 6.61 Å². The lowest BCUT2D eigenvalue weighted by Gasteiger charge is -2.16. The smallest absolute Gasteiger partial charge is 0.251 e. The van der Waals surface area contributed by atoms with E-state index in [4.69, 9.17) is 5.11 Å². The molecule has 1 atom stereocenters. The van der Waals surface area contributed by atoms with E-state index in [1.54, 1.807) is 36.0 Å². The van der Waals surface area contributed by atoms with Gasteiger partial charge in [-0.25, -0.2) is 0 Å². The summed E-state index contributed by atoms with van der Waals surface area (Å²) in [6.07, 6.45) is 0.999. The van der Waals surface area contributed by atoms with E-state index >= 15 is 0 Å². The molecule has 2 N–H and O–H groups in total. The molecular weight excluding hydrogens is 370 g/mol. The number of aryl methyl sites for hydroxylation is 1. The first-order valence-electron chi connectivity index (χ1n) is 9.30. The molecule has 0 saturated carbocycles. The fraction of sp³-hybridized carbons (Fsp3) is 0.304. The van der Waals surface area contributed by atoms with Gasteiger partial charge in [0.2, 0.25) is 0 Å². The van der Waals surface area contributed by atoms with Crippen LogP contribution in [0, 0.1) is 11.8 Å². The number of aliphatic hydroxyl groups is 1. The topological polar surface area (TPSA) is 66.4 Å². The van der Waals surface area contributed by atoms with Crippen molar-refractivity contribution in [2.75, 3.05) is 18.1 Å². The number of hydrogen-bond donors (Lipinski definition) is 2. The molecule has 28 heavy (non-hydrogen) atoms. The minimum Gasteiger partial charge on any atom is -0.388 e. The molecule has 2 aromatic rings. The van der Waals surface area contributed by atoms with Gasteiger partial charge in [-0.2, -0.15) is 11.8 Å². The molecule has 0 fully saturated rings. The predicted molar refractivity (Wildman–Crippen MR) is 115 cm³/mol. The second-order valence-electron chi connectivity index (χ2n) is 6.19. The monoisotopic (exact) mass is 395 g/mol. The molecule has 0 saturated heterocycles. The fourth-order valence-corrected chi connectivity index (χ4v) is 3.22. The molecule has 0 bridgehead atoms. The molecule has 146 valence electrons. The van der Waals surface area contributed by atoms with Crippen molar-refractivity contribution in [2.45, 2.75) is 26.3 Å². The van der Waals surface area contributed by atoms with Gasteiger partial charge in [0, 0.05) is 22.4 Å². The van der Waals surface area contributed by atoms with Gasteiger partial charge in [0.15, 0.2) is 5.78 Å². The number of carbonyl (C=O) groups excluding carboxylic acids is 2. The minimum absolute atomic E-state index is 0.335. The third-order valence-electron chi connectivity index (χ3n) is 4.20. The summed E-state index contributed by atoms with van der Waals surface area (Å²) < 4.78 is 0. The Morgan fingerprint density at radius 1 is 1.00 bits per heavy atom. The highest BCUT2D eigenvalue weighted by molar-refractivity contribution is 7.99. The van der Waals surface area contributed by atoms with Crippen molar-refractivity contribution in [3.05, 3.63) is 70.8 Å². The summed E-state index contributed by atoms with van der Waals surface area (Å²) in [5, 5.41) is 11.8. The molecule has 0 aliphatic heterocycles. The van der Waals surface area contributed by atoms with E-state index in [1.807, 2.05) is 19.1 Å². The van der Waals surface area contributed by atoms with Crippen molar-refractivity contribution in [3.63, 3.8) is 0 Å². The van der Waals surface area contributed by atoms with Crippen LogP contribution in [0.15, 0.2) is 48.5 Å². The summed E-state index contributed by atoms with van der Waals surface area (Å²) in [6, 6.07) is 14.4. The quantitative estimate of drug-likeness (QED) is 0.674. The molecule has 0 radical (unpaired) electrons. The van der Waals surface area contributed by atoms with Gasteiger partial charge in [-0.3, -0.25) is 9.59 Å². The third-order valence-corrected chi connectivity index (χ3v) is 5.18. The van der Waals surface area contributed by atoms with Crippen molar-refractivity contribution in [1.82, 2.24) is 5.32 Å². The van der Waals surface area contributed by atoms with Gasteiger partial charge in [-0.05, 0) is 54.1 Å². The van der Waals surface area contributed by atoms with E-state index in [2.05, 4.69) is 36.2 Å². The van der Waals surface area contributed by atoms with Crippen LogP contribution in [-0.4, -0.2) is 41.0 Å². The normalized spacial score (nSPS) is 11.2. The number of nitrogens with one attached hydrogen (secondary N) is 1. The van der Waals surface area contributed by atoms with Crippen LogP contribution in [0.4, 0.5) is 0 Å². The Kier molecular flexibility index (Phi) is 8.80. The zero-order valence-corrected chi connectivity index (χ0v) is 17.0. The lowest BCUT2D eigenvalue weighted by atomic mass is 10.1. The van der Waals surface area contributed by atoms with E-state index < -0.39 is 12.6 Å². The zero-order valence-electron chi connectivity index (χ0n) is 16.2. The molecule has 0 aliphatic rings. The number of hydrogen-bond acceptors (Lipinski definition) is 4. The summed E-state index contributed by atoms with van der Waals surface area (Å²) >= 11 is 1.54. The first-order valence-corrected chi connectivity index (χ1v) is 10.5. The standard InChI is InChI=1S/C23H25NO3S/c1-3-17-5-7-18(8-6-17)9-10-19-11-13-20(14-12-19)23(27)24-21(16-28-4-2)22(26)15-25/h5-8,11-14,21,25H,3-4,15-16H2,1-2H3,(H,24,27)/t21-/m0/s1. The number of benzene rings is 2. The Bertz CT molecular complexity index is 848.